The van der Waals surface area contributed by atoms with Gasteiger partial charge in [-0.05, 0) is 56.4 Å². The Morgan fingerprint density at radius 1 is 1.07 bits per heavy atom. The Bertz CT molecular complexity index is 1000. The highest BCUT2D eigenvalue weighted by Crippen LogP contribution is 2.33. The molecule has 2 aromatic heterocycles. The fourth-order valence-corrected chi connectivity index (χ4v) is 3.79. The van der Waals surface area contributed by atoms with Crippen molar-refractivity contribution in [3.63, 3.8) is 0 Å². The highest BCUT2D eigenvalue weighted by atomic mass is 16.5. The maximum Gasteiger partial charge on any atom is 0.339 e. The smallest absolute Gasteiger partial charge is 0.339 e. The van der Waals surface area contributed by atoms with Crippen molar-refractivity contribution in [2.75, 3.05) is 30.3 Å². The maximum atomic E-state index is 11.7. The average molecular weight is 390 g/mol. The molecular formula is C23H26N4O2. The molecule has 0 saturated heterocycles. The number of benzene rings is 1. The van der Waals surface area contributed by atoms with E-state index in [1.807, 2.05) is 6.07 Å². The van der Waals surface area contributed by atoms with Crippen LogP contribution >= 0.6 is 0 Å². The molecule has 6 nitrogen and oxygen atoms in total. The second kappa shape index (κ2) is 8.90. The average Bonchev–Trinajstić information content (AvgIpc) is 2.76. The second-order valence-electron chi connectivity index (χ2n) is 7.14. The second-order valence-corrected chi connectivity index (χ2v) is 7.14. The summed E-state index contributed by atoms with van der Waals surface area (Å²) in [6.45, 7) is 3.63. The van der Waals surface area contributed by atoms with Crippen molar-refractivity contribution in [1.82, 2.24) is 9.97 Å². The van der Waals surface area contributed by atoms with Gasteiger partial charge < -0.3 is 15.4 Å². The van der Waals surface area contributed by atoms with Gasteiger partial charge in [-0.2, -0.15) is 0 Å². The molecule has 0 aliphatic heterocycles. The number of aryl methyl sites for hydroxylation is 1. The molecule has 3 aromatic rings. The van der Waals surface area contributed by atoms with Crippen LogP contribution in [0, 0.1) is 0 Å². The van der Waals surface area contributed by atoms with Crippen LogP contribution in [-0.4, -0.2) is 35.6 Å². The molecule has 0 bridgehead atoms. The summed E-state index contributed by atoms with van der Waals surface area (Å²) >= 11 is 0. The van der Waals surface area contributed by atoms with E-state index >= 15 is 0 Å². The molecular weight excluding hydrogens is 364 g/mol. The third-order valence-electron chi connectivity index (χ3n) is 5.18. The number of hydrogen-bond donors (Lipinski definition) is 2. The molecule has 1 aliphatic carbocycles. The molecule has 2 heterocycles. The molecule has 6 heteroatoms. The summed E-state index contributed by atoms with van der Waals surface area (Å²) in [4.78, 5) is 20.9. The van der Waals surface area contributed by atoms with Crippen LogP contribution in [-0.2, 0) is 17.6 Å². The van der Waals surface area contributed by atoms with Gasteiger partial charge in [-0.15, -0.1) is 0 Å². The largest absolute Gasteiger partial charge is 0.462 e. The number of nitrogens with one attached hydrogen (secondary N) is 2. The van der Waals surface area contributed by atoms with Crippen molar-refractivity contribution in [1.29, 1.82) is 0 Å². The number of aromatic nitrogens is 2. The summed E-state index contributed by atoms with van der Waals surface area (Å²) in [5, 5.41) is 8.11. The van der Waals surface area contributed by atoms with Gasteiger partial charge in [0.1, 0.15) is 5.82 Å². The van der Waals surface area contributed by atoms with Gasteiger partial charge in [0.2, 0.25) is 0 Å². The van der Waals surface area contributed by atoms with E-state index in [0.29, 0.717) is 12.2 Å². The number of para-hydroxylation sites is 1. The summed E-state index contributed by atoms with van der Waals surface area (Å²) in [5.41, 5.74) is 5.34. The van der Waals surface area contributed by atoms with Gasteiger partial charge >= 0.3 is 5.97 Å². The molecule has 1 aliphatic rings. The third-order valence-corrected chi connectivity index (χ3v) is 5.18. The van der Waals surface area contributed by atoms with E-state index in [1.54, 1.807) is 25.3 Å². The Balaban J connectivity index is 1.41. The summed E-state index contributed by atoms with van der Waals surface area (Å²) in [6, 6.07) is 11.9. The van der Waals surface area contributed by atoms with Gasteiger partial charge in [-0.1, -0.05) is 18.2 Å². The Labute approximate surface area is 170 Å². The van der Waals surface area contributed by atoms with Crippen molar-refractivity contribution < 1.29 is 9.53 Å². The number of carbonyl (C=O) groups is 1. The number of pyridine rings is 2. The van der Waals surface area contributed by atoms with Crippen LogP contribution in [0.25, 0.3) is 10.9 Å². The summed E-state index contributed by atoms with van der Waals surface area (Å²) in [5.74, 6) is 0.393. The predicted molar refractivity (Wildman–Crippen MR) is 116 cm³/mol. The highest BCUT2D eigenvalue weighted by Gasteiger charge is 2.17. The van der Waals surface area contributed by atoms with Crippen molar-refractivity contribution in [2.24, 2.45) is 0 Å². The Morgan fingerprint density at radius 2 is 1.90 bits per heavy atom. The van der Waals surface area contributed by atoms with Gasteiger partial charge in [0.15, 0.2) is 0 Å². The predicted octanol–water partition coefficient (Wildman–Crippen LogP) is 4.21. The number of esters is 1. The lowest BCUT2D eigenvalue weighted by atomic mass is 9.92. The maximum absolute atomic E-state index is 11.7. The minimum absolute atomic E-state index is 0.345. The first-order valence-corrected chi connectivity index (χ1v) is 10.3. The standard InChI is InChI=1S/C23H26N4O2/c1-2-29-23(28)16-11-12-21(26-15-16)24-13-14-25-22-17-7-3-5-9-19(17)27-20-10-6-4-8-18(20)22/h3,5,7,9,11-12,15H,2,4,6,8,10,13-14H2,1H3,(H,24,26)(H,25,27). The Morgan fingerprint density at radius 3 is 2.72 bits per heavy atom. The van der Waals surface area contributed by atoms with Crippen molar-refractivity contribution in [3.8, 4) is 0 Å². The molecule has 2 N–H and O–H groups in total. The summed E-state index contributed by atoms with van der Waals surface area (Å²) < 4.78 is 4.98. The molecule has 1 aromatic carbocycles. The first kappa shape index (κ1) is 19.2. The van der Waals surface area contributed by atoms with E-state index in [0.717, 1.165) is 37.3 Å². The quantitative estimate of drug-likeness (QED) is 0.465. The van der Waals surface area contributed by atoms with Crippen molar-refractivity contribution >= 4 is 28.4 Å². The van der Waals surface area contributed by atoms with Gasteiger partial charge in [0.25, 0.3) is 0 Å². The van der Waals surface area contributed by atoms with Crippen molar-refractivity contribution in [2.45, 2.75) is 32.6 Å². The lowest BCUT2D eigenvalue weighted by Crippen LogP contribution is -2.17. The molecule has 0 amide bonds. The summed E-state index contributed by atoms with van der Waals surface area (Å²) in [7, 11) is 0. The van der Waals surface area contributed by atoms with E-state index in [2.05, 4.69) is 33.8 Å². The van der Waals surface area contributed by atoms with Crippen LogP contribution < -0.4 is 10.6 Å². The molecule has 4 rings (SSSR count). The molecule has 0 radical (unpaired) electrons. The normalized spacial score (nSPS) is 13.0. The van der Waals surface area contributed by atoms with Crippen LogP contribution in [0.4, 0.5) is 11.5 Å². The minimum Gasteiger partial charge on any atom is -0.462 e. The van der Waals surface area contributed by atoms with Gasteiger partial charge in [-0.3, -0.25) is 4.98 Å². The van der Waals surface area contributed by atoms with Gasteiger partial charge in [0.05, 0.1) is 17.7 Å². The molecule has 0 unspecified atom stereocenters. The number of anilines is 2. The van der Waals surface area contributed by atoms with E-state index in [9.17, 15) is 4.79 Å². The Hall–Kier alpha value is -3.15. The number of hydrogen-bond acceptors (Lipinski definition) is 6. The number of nitrogens with zero attached hydrogens (tertiary/aromatic N) is 2. The lowest BCUT2D eigenvalue weighted by molar-refractivity contribution is 0.0526. The molecule has 0 fully saturated rings. The summed E-state index contributed by atoms with van der Waals surface area (Å²) in [6.07, 6.45) is 6.12. The zero-order chi connectivity index (χ0) is 20.1. The zero-order valence-corrected chi connectivity index (χ0v) is 16.7. The van der Waals surface area contributed by atoms with E-state index in [1.165, 1.54) is 35.2 Å². The number of rotatable bonds is 7. The van der Waals surface area contributed by atoms with Crippen LogP contribution in [0.15, 0.2) is 42.6 Å². The fraction of sp³-hybridized carbons (Fsp3) is 0.348. The highest BCUT2D eigenvalue weighted by molar-refractivity contribution is 5.93. The zero-order valence-electron chi connectivity index (χ0n) is 16.7. The third kappa shape index (κ3) is 4.31. The van der Waals surface area contributed by atoms with E-state index in [4.69, 9.17) is 9.72 Å². The first-order valence-electron chi connectivity index (χ1n) is 10.3. The van der Waals surface area contributed by atoms with E-state index in [-0.39, 0.29) is 5.97 Å². The first-order chi connectivity index (χ1) is 14.3. The monoisotopic (exact) mass is 390 g/mol. The molecule has 0 atom stereocenters. The Kier molecular flexibility index (Phi) is 5.89. The van der Waals surface area contributed by atoms with Crippen LogP contribution in [0.5, 0.6) is 0 Å². The lowest BCUT2D eigenvalue weighted by Gasteiger charge is -2.21. The van der Waals surface area contributed by atoms with Gasteiger partial charge in [-0.25, -0.2) is 9.78 Å². The van der Waals surface area contributed by atoms with Crippen LogP contribution in [0.1, 0.15) is 41.4 Å². The number of ether oxygens (including phenoxy) is 1. The minimum atomic E-state index is -0.345. The number of fused-ring (bicyclic) bond motifs is 2. The van der Waals surface area contributed by atoms with Crippen molar-refractivity contribution in [3.05, 3.63) is 59.4 Å². The molecule has 150 valence electrons. The SMILES string of the molecule is CCOC(=O)c1ccc(NCCNc2c3c(nc4ccccc24)CCCC3)nc1. The molecule has 0 saturated carbocycles. The molecule has 0 spiro atoms. The molecule has 29 heavy (non-hydrogen) atoms. The fourth-order valence-electron chi connectivity index (χ4n) is 3.79. The van der Waals surface area contributed by atoms with Crippen LogP contribution in [0.3, 0.4) is 0 Å². The van der Waals surface area contributed by atoms with E-state index < -0.39 is 0 Å². The number of carbonyl (C=O) groups excluding carboxylic acids is 1. The topological polar surface area (TPSA) is 76.1 Å². The van der Waals surface area contributed by atoms with Gasteiger partial charge in [0, 0.05) is 36.1 Å². The van der Waals surface area contributed by atoms with Crippen LogP contribution in [0.2, 0.25) is 0 Å².